The van der Waals surface area contributed by atoms with Crippen LogP contribution in [0.15, 0.2) is 53.4 Å². The van der Waals surface area contributed by atoms with Crippen LogP contribution in [-0.4, -0.2) is 35.2 Å². The van der Waals surface area contributed by atoms with Gasteiger partial charge in [-0.05, 0) is 49.4 Å². The smallest absolute Gasteiger partial charge is 0.240 e. The Labute approximate surface area is 160 Å². The van der Waals surface area contributed by atoms with Gasteiger partial charge in [0.25, 0.3) is 0 Å². The predicted molar refractivity (Wildman–Crippen MR) is 107 cm³/mol. The molecule has 0 unspecified atom stereocenters. The van der Waals surface area contributed by atoms with Crippen LogP contribution in [0.1, 0.15) is 29.5 Å². The number of nitrogens with one attached hydrogen (secondary N) is 1. The Hall–Kier alpha value is -1.78. The van der Waals surface area contributed by atoms with Gasteiger partial charge in [-0.2, -0.15) is 0 Å². The molecule has 0 aliphatic carbocycles. The number of thioether (sulfide) groups is 1. The molecule has 26 heavy (non-hydrogen) atoms. The van der Waals surface area contributed by atoms with Gasteiger partial charge in [-0.3, -0.25) is 4.79 Å². The molecular formula is C22H26N2OS. The van der Waals surface area contributed by atoms with Gasteiger partial charge in [-0.25, -0.2) is 0 Å². The first-order valence-corrected chi connectivity index (χ1v) is 10.4. The third-order valence-corrected chi connectivity index (χ3v) is 6.76. The van der Waals surface area contributed by atoms with Crippen LogP contribution in [0.3, 0.4) is 0 Å². The molecule has 0 aromatic heterocycles. The van der Waals surface area contributed by atoms with Gasteiger partial charge in [-0.1, -0.05) is 42.0 Å². The molecule has 2 aromatic carbocycles. The van der Waals surface area contributed by atoms with E-state index in [0.29, 0.717) is 5.25 Å². The number of nitrogens with zero attached hydrogens (tertiary/aromatic N) is 1. The summed E-state index contributed by atoms with van der Waals surface area (Å²) in [6.45, 7) is 4.69. The van der Waals surface area contributed by atoms with E-state index < -0.39 is 0 Å². The molecule has 0 spiro atoms. The summed E-state index contributed by atoms with van der Waals surface area (Å²) < 4.78 is 0. The summed E-state index contributed by atoms with van der Waals surface area (Å²) in [6.07, 6.45) is 2.97. The molecule has 2 aliphatic heterocycles. The van der Waals surface area contributed by atoms with Crippen LogP contribution in [0, 0.1) is 6.92 Å². The highest BCUT2D eigenvalue weighted by atomic mass is 32.2. The molecule has 1 atom stereocenters. The second-order valence-electron chi connectivity index (χ2n) is 7.37. The van der Waals surface area contributed by atoms with E-state index in [0.717, 1.165) is 38.9 Å². The fraction of sp³-hybridized carbons (Fsp3) is 0.409. The summed E-state index contributed by atoms with van der Waals surface area (Å²) in [6, 6.07) is 17.1. The van der Waals surface area contributed by atoms with Crippen molar-refractivity contribution in [2.24, 2.45) is 0 Å². The molecule has 4 heteroatoms. The van der Waals surface area contributed by atoms with Crippen molar-refractivity contribution in [3.63, 3.8) is 0 Å². The zero-order valence-corrected chi connectivity index (χ0v) is 16.1. The van der Waals surface area contributed by atoms with Crippen molar-refractivity contribution in [2.75, 3.05) is 13.1 Å². The van der Waals surface area contributed by atoms with E-state index in [2.05, 4.69) is 65.7 Å². The van der Waals surface area contributed by atoms with Gasteiger partial charge < -0.3 is 10.2 Å². The highest BCUT2D eigenvalue weighted by Crippen LogP contribution is 2.31. The summed E-state index contributed by atoms with van der Waals surface area (Å²) in [5.41, 5.74) is 3.95. The number of hydrogen-bond acceptors (Lipinski definition) is 3. The maximum atomic E-state index is 12.9. The minimum atomic E-state index is -0.0640. The first kappa shape index (κ1) is 17.6. The number of hydrogen-bond donors (Lipinski definition) is 1. The van der Waals surface area contributed by atoms with Crippen LogP contribution in [0.4, 0.5) is 0 Å². The predicted octanol–water partition coefficient (Wildman–Crippen LogP) is 3.79. The van der Waals surface area contributed by atoms with Crippen LogP contribution in [0.5, 0.6) is 0 Å². The van der Waals surface area contributed by atoms with E-state index in [9.17, 15) is 4.79 Å². The number of likely N-dealkylation sites (tertiary alicyclic amines) is 1. The molecule has 2 heterocycles. The highest BCUT2D eigenvalue weighted by Gasteiger charge is 2.30. The third kappa shape index (κ3) is 3.97. The Morgan fingerprint density at radius 1 is 1.08 bits per heavy atom. The van der Waals surface area contributed by atoms with E-state index in [4.69, 9.17) is 0 Å². The summed E-state index contributed by atoms with van der Waals surface area (Å²) in [7, 11) is 0. The molecule has 1 N–H and O–H groups in total. The Kier molecular flexibility index (Phi) is 5.32. The SMILES string of the molecule is Cc1cccc(SC2CCN(C(=O)[C@H]3Cc4ccccc4CN3)CC2)c1. The first-order valence-electron chi connectivity index (χ1n) is 9.51. The molecule has 2 aromatic rings. The lowest BCUT2D eigenvalue weighted by molar-refractivity contribution is -0.134. The van der Waals surface area contributed by atoms with Gasteiger partial charge in [0.2, 0.25) is 5.91 Å². The zero-order valence-electron chi connectivity index (χ0n) is 15.3. The Bertz CT molecular complexity index is 783. The molecular weight excluding hydrogens is 340 g/mol. The van der Waals surface area contributed by atoms with Gasteiger partial charge >= 0.3 is 0 Å². The van der Waals surface area contributed by atoms with Crippen molar-refractivity contribution in [3.05, 3.63) is 65.2 Å². The quantitative estimate of drug-likeness (QED) is 0.897. The lowest BCUT2D eigenvalue weighted by atomic mass is 9.95. The minimum absolute atomic E-state index is 0.0640. The fourth-order valence-electron chi connectivity index (χ4n) is 3.92. The third-order valence-electron chi connectivity index (χ3n) is 5.43. The van der Waals surface area contributed by atoms with Crippen LogP contribution >= 0.6 is 11.8 Å². The van der Waals surface area contributed by atoms with Crippen LogP contribution in [0.2, 0.25) is 0 Å². The van der Waals surface area contributed by atoms with Crippen molar-refractivity contribution < 1.29 is 4.79 Å². The molecule has 4 rings (SSSR count). The Balaban J connectivity index is 1.31. The molecule has 0 bridgehead atoms. The second kappa shape index (κ2) is 7.85. The number of benzene rings is 2. The molecule has 1 amide bonds. The highest BCUT2D eigenvalue weighted by molar-refractivity contribution is 8.00. The van der Waals surface area contributed by atoms with E-state index in [1.807, 2.05) is 11.8 Å². The average molecular weight is 367 g/mol. The van der Waals surface area contributed by atoms with E-state index in [1.54, 1.807) is 0 Å². The molecule has 136 valence electrons. The molecule has 1 saturated heterocycles. The number of fused-ring (bicyclic) bond motifs is 1. The van der Waals surface area contributed by atoms with Crippen molar-refractivity contribution in [1.29, 1.82) is 0 Å². The number of rotatable bonds is 3. The van der Waals surface area contributed by atoms with Crippen LogP contribution in [-0.2, 0) is 17.8 Å². The molecule has 3 nitrogen and oxygen atoms in total. The summed E-state index contributed by atoms with van der Waals surface area (Å²) in [4.78, 5) is 16.3. The number of carbonyl (C=O) groups excluding carboxylic acids is 1. The summed E-state index contributed by atoms with van der Waals surface area (Å²) in [5.74, 6) is 0.276. The second-order valence-corrected chi connectivity index (χ2v) is 8.74. The number of amides is 1. The maximum absolute atomic E-state index is 12.9. The lowest BCUT2D eigenvalue weighted by Gasteiger charge is -2.35. The van der Waals surface area contributed by atoms with Crippen LogP contribution in [0.25, 0.3) is 0 Å². The van der Waals surface area contributed by atoms with Gasteiger partial charge in [0.15, 0.2) is 0 Å². The van der Waals surface area contributed by atoms with Crippen LogP contribution < -0.4 is 5.32 Å². The molecule has 0 saturated carbocycles. The fourth-order valence-corrected chi connectivity index (χ4v) is 5.17. The van der Waals surface area contributed by atoms with Gasteiger partial charge in [0.05, 0.1) is 6.04 Å². The molecule has 1 fully saturated rings. The van der Waals surface area contributed by atoms with Gasteiger partial charge in [-0.15, -0.1) is 11.8 Å². The van der Waals surface area contributed by atoms with Crippen molar-refractivity contribution in [3.8, 4) is 0 Å². The first-order chi connectivity index (χ1) is 12.7. The number of aryl methyl sites for hydroxylation is 1. The Morgan fingerprint density at radius 3 is 2.62 bits per heavy atom. The number of piperidine rings is 1. The molecule has 2 aliphatic rings. The lowest BCUT2D eigenvalue weighted by Crippen LogP contribution is -2.51. The average Bonchev–Trinajstić information content (AvgIpc) is 2.68. The monoisotopic (exact) mass is 366 g/mol. The topological polar surface area (TPSA) is 32.3 Å². The minimum Gasteiger partial charge on any atom is -0.341 e. The maximum Gasteiger partial charge on any atom is 0.240 e. The standard InChI is InChI=1S/C22H26N2OS/c1-16-5-4-8-20(13-16)26-19-9-11-24(12-10-19)22(25)21-14-17-6-2-3-7-18(17)15-23-21/h2-8,13,19,21,23H,9-12,14-15H2,1H3/t21-/m1/s1. The van der Waals surface area contributed by atoms with Gasteiger partial charge in [0, 0.05) is 29.8 Å². The zero-order chi connectivity index (χ0) is 17.9. The van der Waals surface area contributed by atoms with Gasteiger partial charge in [0.1, 0.15) is 0 Å². The number of carbonyl (C=O) groups is 1. The van der Waals surface area contributed by atoms with E-state index >= 15 is 0 Å². The van der Waals surface area contributed by atoms with Crippen molar-refractivity contribution >= 4 is 17.7 Å². The van der Waals surface area contributed by atoms with Crippen molar-refractivity contribution in [2.45, 2.75) is 48.9 Å². The normalized spacial score (nSPS) is 20.7. The summed E-state index contributed by atoms with van der Waals surface area (Å²) in [5, 5.41) is 4.05. The largest absolute Gasteiger partial charge is 0.341 e. The Morgan fingerprint density at radius 2 is 1.85 bits per heavy atom. The van der Waals surface area contributed by atoms with E-state index in [1.165, 1.54) is 21.6 Å². The van der Waals surface area contributed by atoms with E-state index in [-0.39, 0.29) is 11.9 Å². The van der Waals surface area contributed by atoms with Crippen molar-refractivity contribution in [1.82, 2.24) is 10.2 Å². The summed E-state index contributed by atoms with van der Waals surface area (Å²) >= 11 is 1.97. The molecule has 0 radical (unpaired) electrons.